The molecular formula is C10H14ClN5O. The normalized spacial score (nSPS) is 12.9. The topological polar surface area (TPSA) is 79.6 Å². The summed E-state index contributed by atoms with van der Waals surface area (Å²) in [5.41, 5.74) is 2.15. The molecule has 17 heavy (non-hydrogen) atoms. The Morgan fingerprint density at radius 3 is 2.88 bits per heavy atom. The van der Waals surface area contributed by atoms with Crippen molar-refractivity contribution < 1.29 is 5.11 Å². The number of hydrogen-bond donors (Lipinski definition) is 2. The molecule has 6 nitrogen and oxygen atoms in total. The second-order valence-electron chi connectivity index (χ2n) is 3.80. The predicted octanol–water partition coefficient (Wildman–Crippen LogP) is 1.03. The SMILES string of the molecule is CCc1nn(C)c(CC(O)c2cn[nH]n2)c1Cl. The minimum absolute atomic E-state index is 0.370. The fourth-order valence-corrected chi connectivity index (χ4v) is 2.07. The van der Waals surface area contributed by atoms with Crippen molar-refractivity contribution in [2.75, 3.05) is 0 Å². The zero-order chi connectivity index (χ0) is 12.4. The van der Waals surface area contributed by atoms with E-state index >= 15 is 0 Å². The summed E-state index contributed by atoms with van der Waals surface area (Å²) in [5.74, 6) is 0. The monoisotopic (exact) mass is 255 g/mol. The Morgan fingerprint density at radius 2 is 2.35 bits per heavy atom. The van der Waals surface area contributed by atoms with Crippen molar-refractivity contribution >= 4 is 11.6 Å². The zero-order valence-corrected chi connectivity index (χ0v) is 10.4. The number of nitrogens with one attached hydrogen (secondary N) is 1. The molecule has 0 spiro atoms. The summed E-state index contributed by atoms with van der Waals surface area (Å²) in [5, 5.41) is 24.9. The van der Waals surface area contributed by atoms with E-state index in [1.54, 1.807) is 4.68 Å². The average Bonchev–Trinajstić information content (AvgIpc) is 2.92. The van der Waals surface area contributed by atoms with Gasteiger partial charge in [-0.05, 0) is 6.42 Å². The van der Waals surface area contributed by atoms with Gasteiger partial charge in [-0.15, -0.1) is 0 Å². The summed E-state index contributed by atoms with van der Waals surface area (Å²) in [6.45, 7) is 1.99. The molecule has 0 aliphatic carbocycles. The summed E-state index contributed by atoms with van der Waals surface area (Å²) < 4.78 is 1.70. The van der Waals surface area contributed by atoms with E-state index in [1.807, 2.05) is 14.0 Å². The van der Waals surface area contributed by atoms with Gasteiger partial charge in [-0.3, -0.25) is 4.68 Å². The number of H-pyrrole nitrogens is 1. The Bertz CT molecular complexity index is 493. The Kier molecular flexibility index (Phi) is 3.44. The lowest BCUT2D eigenvalue weighted by Gasteiger charge is -2.07. The van der Waals surface area contributed by atoms with E-state index in [4.69, 9.17) is 11.6 Å². The van der Waals surface area contributed by atoms with Crippen molar-refractivity contribution in [1.82, 2.24) is 25.2 Å². The molecule has 0 aliphatic heterocycles. The first-order chi connectivity index (χ1) is 8.13. The first-order valence-electron chi connectivity index (χ1n) is 5.37. The lowest BCUT2D eigenvalue weighted by molar-refractivity contribution is 0.171. The molecule has 92 valence electrons. The molecule has 1 unspecified atom stereocenters. The molecular weight excluding hydrogens is 242 g/mol. The van der Waals surface area contributed by atoms with Gasteiger partial charge in [0.25, 0.3) is 0 Å². The van der Waals surface area contributed by atoms with E-state index in [1.165, 1.54) is 6.20 Å². The highest BCUT2D eigenvalue weighted by atomic mass is 35.5. The zero-order valence-electron chi connectivity index (χ0n) is 9.68. The van der Waals surface area contributed by atoms with Crippen LogP contribution in [0.2, 0.25) is 5.02 Å². The van der Waals surface area contributed by atoms with Gasteiger partial charge in [0.05, 0.1) is 22.6 Å². The van der Waals surface area contributed by atoms with Crippen LogP contribution in [0.3, 0.4) is 0 Å². The highest BCUT2D eigenvalue weighted by Crippen LogP contribution is 2.25. The smallest absolute Gasteiger partial charge is 0.111 e. The van der Waals surface area contributed by atoms with E-state index in [2.05, 4.69) is 20.5 Å². The fraction of sp³-hybridized carbons (Fsp3) is 0.500. The number of nitrogens with zero attached hydrogens (tertiary/aromatic N) is 4. The first-order valence-corrected chi connectivity index (χ1v) is 5.75. The van der Waals surface area contributed by atoms with Crippen molar-refractivity contribution in [3.05, 3.63) is 28.3 Å². The van der Waals surface area contributed by atoms with Crippen molar-refractivity contribution in [3.63, 3.8) is 0 Å². The average molecular weight is 256 g/mol. The third-order valence-corrected chi connectivity index (χ3v) is 3.10. The Morgan fingerprint density at radius 1 is 1.59 bits per heavy atom. The van der Waals surface area contributed by atoms with Crippen molar-refractivity contribution in [1.29, 1.82) is 0 Å². The van der Waals surface area contributed by atoms with Crippen LogP contribution in [0.15, 0.2) is 6.20 Å². The van der Waals surface area contributed by atoms with Gasteiger partial charge in [-0.2, -0.15) is 20.5 Å². The maximum Gasteiger partial charge on any atom is 0.111 e. The van der Waals surface area contributed by atoms with E-state index in [0.717, 1.165) is 17.8 Å². The predicted molar refractivity (Wildman–Crippen MR) is 62.6 cm³/mol. The van der Waals surface area contributed by atoms with E-state index < -0.39 is 6.10 Å². The van der Waals surface area contributed by atoms with Gasteiger partial charge >= 0.3 is 0 Å². The van der Waals surface area contributed by atoms with Crippen molar-refractivity contribution in [2.24, 2.45) is 7.05 Å². The lowest BCUT2D eigenvalue weighted by Crippen LogP contribution is -2.07. The lowest BCUT2D eigenvalue weighted by atomic mass is 10.1. The maximum absolute atomic E-state index is 9.97. The molecule has 2 aromatic rings. The molecule has 1 atom stereocenters. The van der Waals surface area contributed by atoms with Gasteiger partial charge in [0.2, 0.25) is 0 Å². The molecule has 7 heteroatoms. The molecule has 0 saturated carbocycles. The summed E-state index contributed by atoms with van der Waals surface area (Å²) in [7, 11) is 1.82. The number of halogens is 1. The first kappa shape index (κ1) is 12.1. The van der Waals surface area contributed by atoms with Crippen LogP contribution >= 0.6 is 11.6 Å². The summed E-state index contributed by atoms with van der Waals surface area (Å²) in [6, 6.07) is 0. The van der Waals surface area contributed by atoms with Crippen LogP contribution in [0, 0.1) is 0 Å². The highest BCUT2D eigenvalue weighted by molar-refractivity contribution is 6.31. The molecule has 0 saturated heterocycles. The fourth-order valence-electron chi connectivity index (χ4n) is 1.70. The van der Waals surface area contributed by atoms with Crippen molar-refractivity contribution in [2.45, 2.75) is 25.9 Å². The summed E-state index contributed by atoms with van der Waals surface area (Å²) >= 11 is 6.20. The van der Waals surface area contributed by atoms with Gasteiger partial charge < -0.3 is 5.11 Å². The second-order valence-corrected chi connectivity index (χ2v) is 4.18. The van der Waals surface area contributed by atoms with Gasteiger partial charge in [-0.1, -0.05) is 18.5 Å². The molecule has 0 amide bonds. The molecule has 2 rings (SSSR count). The van der Waals surface area contributed by atoms with Crippen LogP contribution in [0.5, 0.6) is 0 Å². The van der Waals surface area contributed by atoms with Crippen LogP contribution < -0.4 is 0 Å². The molecule has 0 bridgehead atoms. The molecule has 0 fully saturated rings. The molecule has 0 aromatic carbocycles. The van der Waals surface area contributed by atoms with Gasteiger partial charge in [0, 0.05) is 13.5 Å². The van der Waals surface area contributed by atoms with Crippen LogP contribution in [-0.4, -0.2) is 30.3 Å². The van der Waals surface area contributed by atoms with Crippen LogP contribution in [0.25, 0.3) is 0 Å². The number of aliphatic hydroxyl groups excluding tert-OH is 1. The van der Waals surface area contributed by atoms with Crippen LogP contribution in [0.1, 0.15) is 30.1 Å². The number of hydrogen-bond acceptors (Lipinski definition) is 4. The Labute approximate surface area is 104 Å². The molecule has 0 radical (unpaired) electrons. The van der Waals surface area contributed by atoms with Gasteiger partial charge in [0.15, 0.2) is 0 Å². The Hall–Kier alpha value is -1.40. The molecule has 2 heterocycles. The van der Waals surface area contributed by atoms with Crippen LogP contribution in [-0.2, 0) is 19.9 Å². The van der Waals surface area contributed by atoms with Gasteiger partial charge in [-0.25, -0.2) is 0 Å². The van der Waals surface area contributed by atoms with E-state index in [-0.39, 0.29) is 0 Å². The molecule has 2 N–H and O–H groups in total. The van der Waals surface area contributed by atoms with Gasteiger partial charge in [0.1, 0.15) is 11.8 Å². The largest absolute Gasteiger partial charge is 0.386 e. The number of aliphatic hydroxyl groups is 1. The Balaban J connectivity index is 2.21. The minimum atomic E-state index is -0.730. The summed E-state index contributed by atoms with van der Waals surface area (Å²) in [4.78, 5) is 0. The standard InChI is InChI=1S/C10H14ClN5O/c1-3-6-10(11)8(16(2)14-6)4-9(17)7-5-12-15-13-7/h5,9,17H,3-4H2,1-2H3,(H,12,13,15). The van der Waals surface area contributed by atoms with E-state index in [9.17, 15) is 5.11 Å². The minimum Gasteiger partial charge on any atom is -0.386 e. The number of aromatic nitrogens is 5. The number of aromatic amines is 1. The third-order valence-electron chi connectivity index (χ3n) is 2.66. The number of rotatable bonds is 4. The van der Waals surface area contributed by atoms with E-state index in [0.29, 0.717) is 17.1 Å². The number of aryl methyl sites for hydroxylation is 2. The quantitative estimate of drug-likeness (QED) is 0.855. The third kappa shape index (κ3) is 2.32. The summed E-state index contributed by atoms with van der Waals surface area (Å²) in [6.07, 6.45) is 1.91. The molecule has 0 aliphatic rings. The second kappa shape index (κ2) is 4.85. The van der Waals surface area contributed by atoms with Crippen molar-refractivity contribution in [3.8, 4) is 0 Å². The molecule has 2 aromatic heterocycles. The van der Waals surface area contributed by atoms with Crippen LogP contribution in [0.4, 0.5) is 0 Å². The highest BCUT2D eigenvalue weighted by Gasteiger charge is 2.18. The maximum atomic E-state index is 9.97.